The van der Waals surface area contributed by atoms with Gasteiger partial charge in [-0.3, -0.25) is 9.89 Å². The Morgan fingerprint density at radius 3 is 2.47 bits per heavy atom. The van der Waals surface area contributed by atoms with E-state index in [2.05, 4.69) is 22.0 Å². The highest BCUT2D eigenvalue weighted by Crippen LogP contribution is 2.23. The topological polar surface area (TPSA) is 45.1 Å². The number of phenols is 1. The van der Waals surface area contributed by atoms with Crippen molar-refractivity contribution < 1.29 is 9.84 Å². The Labute approximate surface area is 182 Å². The summed E-state index contributed by atoms with van der Waals surface area (Å²) in [6.45, 7) is 4.49. The molecule has 5 heteroatoms. The summed E-state index contributed by atoms with van der Waals surface area (Å²) in [5, 5.41) is 11.0. The van der Waals surface area contributed by atoms with E-state index in [-0.39, 0.29) is 5.75 Å². The zero-order chi connectivity index (χ0) is 20.8. The average Bonchev–Trinajstić information content (AvgIpc) is 2.77. The van der Waals surface area contributed by atoms with Gasteiger partial charge < -0.3 is 9.84 Å². The van der Waals surface area contributed by atoms with Crippen LogP contribution in [0.4, 0.5) is 5.69 Å². The molecular weight excluding hydrogens is 396 g/mol. The molecule has 0 spiro atoms. The molecule has 0 radical (unpaired) electrons. The Bertz CT molecular complexity index is 1010. The van der Waals surface area contributed by atoms with Crippen molar-refractivity contribution in [2.24, 2.45) is 4.99 Å². The van der Waals surface area contributed by atoms with Crippen molar-refractivity contribution in [2.45, 2.75) is 13.0 Å². The second kappa shape index (κ2) is 9.90. The molecule has 0 bridgehead atoms. The van der Waals surface area contributed by atoms with Crippen molar-refractivity contribution in [1.29, 1.82) is 0 Å². The van der Waals surface area contributed by atoms with Gasteiger partial charge in [0.15, 0.2) is 0 Å². The molecular formula is C25H25ClN2O2. The van der Waals surface area contributed by atoms with Crippen molar-refractivity contribution in [1.82, 2.24) is 4.90 Å². The fraction of sp³-hybridized carbons (Fsp3) is 0.240. The zero-order valence-electron chi connectivity index (χ0n) is 16.8. The second-order valence-electron chi connectivity index (χ2n) is 7.47. The van der Waals surface area contributed by atoms with E-state index < -0.39 is 0 Å². The maximum Gasteiger partial charge on any atom is 0.124 e. The van der Waals surface area contributed by atoms with Gasteiger partial charge in [-0.1, -0.05) is 48.0 Å². The molecule has 1 saturated heterocycles. The van der Waals surface area contributed by atoms with Crippen LogP contribution in [0.2, 0.25) is 5.02 Å². The van der Waals surface area contributed by atoms with Crippen LogP contribution in [0.5, 0.6) is 5.75 Å². The molecule has 3 aromatic rings. The summed E-state index contributed by atoms with van der Waals surface area (Å²) in [4.78, 5) is 6.94. The summed E-state index contributed by atoms with van der Waals surface area (Å²) in [5.41, 5.74) is 4.95. The minimum Gasteiger partial charge on any atom is -0.507 e. The predicted molar refractivity (Wildman–Crippen MR) is 122 cm³/mol. The molecule has 1 heterocycles. The van der Waals surface area contributed by atoms with Crippen LogP contribution in [0.1, 0.15) is 22.3 Å². The van der Waals surface area contributed by atoms with Crippen molar-refractivity contribution in [3.05, 3.63) is 94.0 Å². The van der Waals surface area contributed by atoms with Gasteiger partial charge in [0.05, 0.1) is 18.9 Å². The minimum absolute atomic E-state index is 0.214. The monoisotopic (exact) mass is 420 g/mol. The Kier molecular flexibility index (Phi) is 6.80. The van der Waals surface area contributed by atoms with Gasteiger partial charge in [-0.15, -0.1) is 0 Å². The number of benzene rings is 3. The maximum atomic E-state index is 10.2. The van der Waals surface area contributed by atoms with Gasteiger partial charge in [-0.25, -0.2) is 0 Å². The lowest BCUT2D eigenvalue weighted by molar-refractivity contribution is 0.0342. The van der Waals surface area contributed by atoms with Crippen LogP contribution in [-0.2, 0) is 17.7 Å². The van der Waals surface area contributed by atoms with Gasteiger partial charge in [0.25, 0.3) is 0 Å². The molecule has 0 amide bonds. The summed E-state index contributed by atoms with van der Waals surface area (Å²) in [6, 6.07) is 21.6. The fourth-order valence-corrected chi connectivity index (χ4v) is 3.73. The van der Waals surface area contributed by atoms with Crippen molar-refractivity contribution in [3.63, 3.8) is 0 Å². The van der Waals surface area contributed by atoms with E-state index in [9.17, 15) is 5.11 Å². The van der Waals surface area contributed by atoms with Crippen molar-refractivity contribution in [3.8, 4) is 5.75 Å². The molecule has 1 N–H and O–H groups in total. The smallest absolute Gasteiger partial charge is 0.124 e. The number of rotatable bonds is 6. The van der Waals surface area contributed by atoms with E-state index in [0.717, 1.165) is 54.7 Å². The predicted octanol–water partition coefficient (Wildman–Crippen LogP) is 5.22. The first-order chi connectivity index (χ1) is 14.7. The summed E-state index contributed by atoms with van der Waals surface area (Å²) in [6.07, 6.45) is 2.42. The van der Waals surface area contributed by atoms with Crippen LogP contribution in [0, 0.1) is 0 Å². The van der Waals surface area contributed by atoms with E-state index in [4.69, 9.17) is 16.3 Å². The molecule has 3 aromatic carbocycles. The number of aromatic hydroxyl groups is 1. The highest BCUT2D eigenvalue weighted by Gasteiger charge is 2.10. The largest absolute Gasteiger partial charge is 0.507 e. The number of hydrogen-bond acceptors (Lipinski definition) is 4. The molecule has 0 atom stereocenters. The second-order valence-corrected chi connectivity index (χ2v) is 7.88. The Morgan fingerprint density at radius 1 is 0.967 bits per heavy atom. The third kappa shape index (κ3) is 5.48. The molecule has 0 saturated carbocycles. The summed E-state index contributed by atoms with van der Waals surface area (Å²) in [7, 11) is 0. The molecule has 0 unspecified atom stereocenters. The lowest BCUT2D eigenvalue weighted by Crippen LogP contribution is -2.35. The van der Waals surface area contributed by atoms with Crippen molar-refractivity contribution in [2.75, 3.05) is 26.3 Å². The maximum absolute atomic E-state index is 10.2. The van der Waals surface area contributed by atoms with E-state index in [1.807, 2.05) is 48.5 Å². The summed E-state index contributed by atoms with van der Waals surface area (Å²) >= 11 is 6.28. The van der Waals surface area contributed by atoms with Crippen LogP contribution in [0.15, 0.2) is 71.7 Å². The molecule has 1 aliphatic heterocycles. The normalized spacial score (nSPS) is 15.0. The van der Waals surface area contributed by atoms with E-state index in [1.165, 1.54) is 5.56 Å². The number of aliphatic imine (C=N–C) groups is 1. The first kappa shape index (κ1) is 20.6. The third-order valence-corrected chi connectivity index (χ3v) is 5.61. The van der Waals surface area contributed by atoms with Gasteiger partial charge >= 0.3 is 0 Å². The Hall–Kier alpha value is -2.66. The van der Waals surface area contributed by atoms with Gasteiger partial charge in [-0.2, -0.15) is 0 Å². The quantitative estimate of drug-likeness (QED) is 0.556. The highest BCUT2D eigenvalue weighted by atomic mass is 35.5. The fourth-order valence-electron chi connectivity index (χ4n) is 3.53. The molecule has 1 aliphatic rings. The van der Waals surface area contributed by atoms with E-state index in [0.29, 0.717) is 12.0 Å². The number of nitrogens with zero attached hydrogens (tertiary/aromatic N) is 2. The molecule has 4 nitrogen and oxygen atoms in total. The number of ether oxygens (including phenoxy) is 1. The summed E-state index contributed by atoms with van der Waals surface area (Å²) < 4.78 is 5.40. The molecule has 1 fully saturated rings. The zero-order valence-corrected chi connectivity index (χ0v) is 17.6. The number of phenolic OH excluding ortho intramolecular Hbond substituents is 1. The molecule has 0 aliphatic carbocycles. The van der Waals surface area contributed by atoms with Crippen LogP contribution >= 0.6 is 11.6 Å². The lowest BCUT2D eigenvalue weighted by atomic mass is 10.0. The van der Waals surface area contributed by atoms with Crippen LogP contribution in [-0.4, -0.2) is 42.5 Å². The van der Waals surface area contributed by atoms with Gasteiger partial charge in [0.2, 0.25) is 0 Å². The third-order valence-electron chi connectivity index (χ3n) is 5.24. The van der Waals surface area contributed by atoms with Crippen molar-refractivity contribution >= 4 is 23.5 Å². The highest BCUT2D eigenvalue weighted by molar-refractivity contribution is 6.31. The first-order valence-electron chi connectivity index (χ1n) is 10.2. The standard InChI is InChI=1S/C25H25ClN2O2/c26-24-4-2-1-3-21(24)15-20-7-10-25(29)22(16-20)17-27-23-8-5-19(6-9-23)18-28-11-13-30-14-12-28/h1-10,16-17,29H,11-15,18H2. The van der Waals surface area contributed by atoms with Crippen LogP contribution in [0.25, 0.3) is 0 Å². The molecule has 30 heavy (non-hydrogen) atoms. The van der Waals surface area contributed by atoms with Crippen LogP contribution < -0.4 is 0 Å². The Balaban J connectivity index is 1.43. The molecule has 154 valence electrons. The SMILES string of the molecule is Oc1ccc(Cc2ccccc2Cl)cc1C=Nc1ccc(CN2CCOCC2)cc1. The first-order valence-corrected chi connectivity index (χ1v) is 10.5. The van der Waals surface area contributed by atoms with Gasteiger partial charge in [-0.05, 0) is 53.4 Å². The minimum atomic E-state index is 0.214. The average molecular weight is 421 g/mol. The van der Waals surface area contributed by atoms with E-state index in [1.54, 1.807) is 12.3 Å². The lowest BCUT2D eigenvalue weighted by Gasteiger charge is -2.26. The van der Waals surface area contributed by atoms with Crippen LogP contribution in [0.3, 0.4) is 0 Å². The molecule has 0 aromatic heterocycles. The summed E-state index contributed by atoms with van der Waals surface area (Å²) in [5.74, 6) is 0.214. The number of morpholine rings is 1. The Morgan fingerprint density at radius 2 is 1.70 bits per heavy atom. The molecule has 4 rings (SSSR count). The number of hydrogen-bond donors (Lipinski definition) is 1. The van der Waals surface area contributed by atoms with Gasteiger partial charge in [0, 0.05) is 36.4 Å². The van der Waals surface area contributed by atoms with E-state index >= 15 is 0 Å². The number of halogens is 1. The van der Waals surface area contributed by atoms with Gasteiger partial charge in [0.1, 0.15) is 5.75 Å².